The third kappa shape index (κ3) is 10.1. The summed E-state index contributed by atoms with van der Waals surface area (Å²) >= 11 is 0.565. The lowest BCUT2D eigenvalue weighted by atomic mass is 10.1. The first-order valence-corrected chi connectivity index (χ1v) is 24.4. The Hall–Kier alpha value is -6.48. The van der Waals surface area contributed by atoms with E-state index in [1.54, 1.807) is 74.7 Å². The Bertz CT molecular complexity index is 3410. The van der Waals surface area contributed by atoms with Crippen LogP contribution in [0.1, 0.15) is 11.1 Å². The number of ether oxygens (including phenoxy) is 4. The molecule has 0 aliphatic rings. The lowest BCUT2D eigenvalue weighted by Gasteiger charge is -2.13. The topological polar surface area (TPSA) is 198 Å². The maximum Gasteiger partial charge on any atom is 0.298 e. The summed E-state index contributed by atoms with van der Waals surface area (Å²) in [7, 11) is -11.6. The molecule has 0 fully saturated rings. The van der Waals surface area contributed by atoms with Crippen molar-refractivity contribution in [2.45, 2.75) is 42.9 Å². The van der Waals surface area contributed by atoms with Crippen LogP contribution in [-0.4, -0.2) is 42.2 Å². The van der Waals surface area contributed by atoms with Crippen molar-refractivity contribution in [3.05, 3.63) is 169 Å². The van der Waals surface area contributed by atoms with Crippen LogP contribution in [0.4, 0.5) is 0 Å². The zero-order valence-electron chi connectivity index (χ0n) is 34.1. The van der Waals surface area contributed by atoms with Crippen LogP contribution in [-0.2, 0) is 45.8 Å². The van der Waals surface area contributed by atoms with Crippen molar-refractivity contribution in [1.82, 2.24) is 0 Å². The van der Waals surface area contributed by atoms with Crippen LogP contribution in [0.3, 0.4) is 0 Å². The monoisotopic (exact) mass is 952 g/mol. The van der Waals surface area contributed by atoms with E-state index in [1.165, 1.54) is 42.5 Å². The predicted octanol–water partition coefficient (Wildman–Crippen LogP) is 10.8. The third-order valence-electron chi connectivity index (χ3n) is 10.2. The molecule has 0 radical (unpaired) electrons. The van der Waals surface area contributed by atoms with Crippen LogP contribution in [0.25, 0.3) is 21.5 Å². The Labute approximate surface area is 378 Å². The van der Waals surface area contributed by atoms with Crippen LogP contribution in [0, 0.1) is 6.92 Å². The first-order valence-electron chi connectivity index (χ1n) is 19.3. The van der Waals surface area contributed by atoms with Gasteiger partial charge >= 0.3 is 0 Å². The maximum absolute atomic E-state index is 13.6. The number of benzene rings is 8. The highest BCUT2D eigenvalue weighted by Crippen LogP contribution is 2.36. The minimum atomic E-state index is -4.99. The van der Waals surface area contributed by atoms with Gasteiger partial charge in [0.25, 0.3) is 10.1 Å². The van der Waals surface area contributed by atoms with E-state index in [4.69, 9.17) is 24.2 Å². The number of rotatable bonds is 16. The summed E-state index contributed by atoms with van der Waals surface area (Å²) in [5, 5.41) is 15.5. The summed E-state index contributed by atoms with van der Waals surface area (Å²) in [6, 6.07) is 41.3. The molecule has 332 valence electrons. The molecule has 0 saturated carbocycles. The van der Waals surface area contributed by atoms with Crippen molar-refractivity contribution < 1.29 is 63.4 Å². The number of methoxy groups -OCH3 is 1. The molecule has 0 aliphatic heterocycles. The van der Waals surface area contributed by atoms with Crippen molar-refractivity contribution in [3.8, 4) is 34.5 Å². The Balaban J connectivity index is 0.931. The molecule has 2 N–H and O–H groups in total. The predicted molar refractivity (Wildman–Crippen MR) is 241 cm³/mol. The SMILES string of the molecule is COc1ccc2ccc(Oc3ccc(S(=O)(=O)c4ccc(COc5ccc6ccc(Oc7ccc(S(=O)(=O)c8ccc(C)c(SOOO)c8)cc7S(=O)(=O)O)cc6c5)cc4)cc3)cc2c1. The van der Waals surface area contributed by atoms with E-state index in [0.717, 1.165) is 40.1 Å². The van der Waals surface area contributed by atoms with Gasteiger partial charge in [-0.15, -0.1) is 4.33 Å². The molecule has 8 rings (SSSR count). The molecule has 0 bridgehead atoms. The van der Waals surface area contributed by atoms with Crippen LogP contribution in [0.5, 0.6) is 34.5 Å². The Morgan fingerprint density at radius 1 is 0.508 bits per heavy atom. The molecule has 0 heterocycles. The van der Waals surface area contributed by atoms with Gasteiger partial charge in [-0.3, -0.25) is 4.55 Å². The lowest BCUT2D eigenvalue weighted by Crippen LogP contribution is -2.07. The van der Waals surface area contributed by atoms with Crippen LogP contribution in [0.15, 0.2) is 187 Å². The summed E-state index contributed by atoms with van der Waals surface area (Å²) in [5.41, 5.74) is 1.31. The molecule has 0 aromatic heterocycles. The number of aryl methyl sites for hydroxylation is 1. The number of fused-ring (bicyclic) bond motifs is 2. The van der Waals surface area contributed by atoms with Crippen molar-refractivity contribution in [2.75, 3.05) is 7.11 Å². The smallest absolute Gasteiger partial charge is 0.298 e. The van der Waals surface area contributed by atoms with Gasteiger partial charge in [0.1, 0.15) is 46.0 Å². The van der Waals surface area contributed by atoms with Gasteiger partial charge in [0, 0.05) is 4.90 Å². The van der Waals surface area contributed by atoms with Crippen molar-refractivity contribution in [3.63, 3.8) is 0 Å². The van der Waals surface area contributed by atoms with Gasteiger partial charge in [0.15, 0.2) is 0 Å². The summed E-state index contributed by atoms with van der Waals surface area (Å²) in [4.78, 5) is -0.935. The lowest BCUT2D eigenvalue weighted by molar-refractivity contribution is -0.432. The second-order valence-corrected chi connectivity index (χ2v) is 20.4. The highest BCUT2D eigenvalue weighted by molar-refractivity contribution is 7.94. The van der Waals surface area contributed by atoms with Gasteiger partial charge in [-0.2, -0.15) is 8.42 Å². The standard InChI is InChI=1S/C47H36O14S4/c1-30-3-16-43(27-46(30)62-61-60-48)64(51,52)44-21-22-45(47(28-44)65(53,54)55)59-40-13-9-33-7-11-38(24-35(33)26-40)57-29-31-4-17-41(18-5-31)63(49,50)42-19-14-36(15-20-42)58-39-12-8-32-6-10-37(56-2)23-34(32)25-39/h3-28,48H,29H2,1-2H3,(H,53,54,55). The van der Waals surface area contributed by atoms with Crippen molar-refractivity contribution in [2.24, 2.45) is 0 Å². The zero-order valence-corrected chi connectivity index (χ0v) is 37.4. The summed E-state index contributed by atoms with van der Waals surface area (Å²) in [5.74, 6) is 2.10. The van der Waals surface area contributed by atoms with Crippen LogP contribution < -0.4 is 18.9 Å². The second-order valence-electron chi connectivity index (χ2n) is 14.4. The molecule has 0 aliphatic carbocycles. The van der Waals surface area contributed by atoms with E-state index in [1.807, 2.05) is 36.4 Å². The second kappa shape index (κ2) is 18.6. The first kappa shape index (κ1) is 45.1. The van der Waals surface area contributed by atoms with E-state index < -0.39 is 39.6 Å². The van der Waals surface area contributed by atoms with Crippen molar-refractivity contribution in [1.29, 1.82) is 0 Å². The summed E-state index contributed by atoms with van der Waals surface area (Å²) in [6.45, 7) is 1.78. The molecular formula is C47H36O14S4. The van der Waals surface area contributed by atoms with Crippen LogP contribution in [0.2, 0.25) is 0 Å². The van der Waals surface area contributed by atoms with E-state index in [2.05, 4.69) is 9.37 Å². The van der Waals surface area contributed by atoms with Gasteiger partial charge in [-0.1, -0.05) is 47.5 Å². The number of hydrogen-bond donors (Lipinski definition) is 2. The molecule has 0 spiro atoms. The van der Waals surface area contributed by atoms with Gasteiger partial charge in [-0.25, -0.2) is 22.1 Å². The normalized spacial score (nSPS) is 12.0. The fourth-order valence-electron chi connectivity index (χ4n) is 6.73. The van der Waals surface area contributed by atoms with Crippen molar-refractivity contribution >= 4 is 63.4 Å². The molecule has 18 heteroatoms. The van der Waals surface area contributed by atoms with E-state index in [-0.39, 0.29) is 32.8 Å². The Morgan fingerprint density at radius 2 is 1.00 bits per heavy atom. The van der Waals surface area contributed by atoms with E-state index in [0.29, 0.717) is 50.7 Å². The molecule has 8 aromatic carbocycles. The Morgan fingerprint density at radius 3 is 1.62 bits per heavy atom. The molecule has 14 nitrogen and oxygen atoms in total. The van der Waals surface area contributed by atoms with Crippen LogP contribution >= 0.6 is 12.0 Å². The van der Waals surface area contributed by atoms with E-state index >= 15 is 0 Å². The minimum Gasteiger partial charge on any atom is -0.497 e. The number of sulfone groups is 2. The molecule has 65 heavy (non-hydrogen) atoms. The largest absolute Gasteiger partial charge is 0.497 e. The van der Waals surface area contributed by atoms with Gasteiger partial charge in [0.05, 0.1) is 38.7 Å². The van der Waals surface area contributed by atoms with E-state index in [9.17, 15) is 29.8 Å². The van der Waals surface area contributed by atoms with Gasteiger partial charge in [-0.05, 0) is 155 Å². The average molecular weight is 953 g/mol. The fraction of sp³-hybridized carbons (Fsp3) is 0.0638. The fourth-order valence-corrected chi connectivity index (χ4v) is 10.6. The molecule has 0 unspecified atom stereocenters. The van der Waals surface area contributed by atoms with Gasteiger partial charge in [0.2, 0.25) is 19.7 Å². The summed E-state index contributed by atoms with van der Waals surface area (Å²) in [6.07, 6.45) is 0. The Kier molecular flexibility index (Phi) is 12.9. The minimum absolute atomic E-state index is 0.103. The molecule has 0 amide bonds. The highest BCUT2D eigenvalue weighted by atomic mass is 32.2. The number of hydrogen-bond acceptors (Lipinski definition) is 14. The summed E-state index contributed by atoms with van der Waals surface area (Å²) < 4.78 is 117. The molecular weight excluding hydrogens is 917 g/mol. The average Bonchev–Trinajstić information content (AvgIpc) is 3.30. The molecule has 0 atom stereocenters. The highest BCUT2D eigenvalue weighted by Gasteiger charge is 2.26. The first-order chi connectivity index (χ1) is 31.1. The quantitative estimate of drug-likeness (QED) is 0.0401. The zero-order chi connectivity index (χ0) is 45.9. The maximum atomic E-state index is 13.6. The third-order valence-corrected chi connectivity index (χ3v) is 15.3. The molecule has 8 aromatic rings. The molecule has 0 saturated heterocycles. The van der Waals surface area contributed by atoms with Gasteiger partial charge < -0.3 is 18.9 Å².